The molecule has 0 unspecified atom stereocenters. The average Bonchev–Trinajstić information content (AvgIpc) is 1.84. The van der Waals surface area contributed by atoms with Gasteiger partial charge in [-0.25, -0.2) is 0 Å². The van der Waals surface area contributed by atoms with Crippen LogP contribution in [0, 0.1) is 5.21 Å². The zero-order chi connectivity index (χ0) is 7.44. The fourth-order valence-corrected chi connectivity index (χ4v) is 0.149. The molecule has 0 fully saturated rings. The van der Waals surface area contributed by atoms with E-state index in [-0.39, 0.29) is 0 Å². The van der Waals surface area contributed by atoms with Crippen molar-refractivity contribution in [2.45, 2.75) is 0 Å². The number of nitrogens with zero attached hydrogens (tertiary/aromatic N) is 2. The first-order valence-corrected chi connectivity index (χ1v) is 1.80. The molecule has 0 saturated carbocycles. The maximum atomic E-state index is 10.0. The van der Waals surface area contributed by atoms with Crippen LogP contribution in [0.5, 0.6) is 0 Å². The smallest absolute Gasteiger partial charge is 0.262 e. The minimum atomic E-state index is -1.49. The lowest BCUT2D eigenvalue weighted by Crippen LogP contribution is -2.43. The minimum Gasteiger partial charge on any atom is -0.854 e. The van der Waals surface area contributed by atoms with Crippen molar-refractivity contribution in [3.63, 3.8) is 0 Å². The number of rotatable bonds is 0. The lowest BCUT2D eigenvalue weighted by molar-refractivity contribution is -0.220. The van der Waals surface area contributed by atoms with Crippen molar-refractivity contribution in [3.8, 4) is 0 Å². The van der Waals surface area contributed by atoms with E-state index in [2.05, 4.69) is 16.8 Å². The van der Waals surface area contributed by atoms with Gasteiger partial charge in [-0.15, -0.1) is 0 Å². The predicted octanol–water partition coefficient (Wildman–Crippen LogP) is -3.18. The van der Waals surface area contributed by atoms with Gasteiger partial charge in [0.15, 0.2) is 0 Å². The van der Waals surface area contributed by atoms with E-state index in [1.54, 1.807) is 0 Å². The van der Waals surface area contributed by atoms with Gasteiger partial charge in [-0.2, -0.15) is 5.10 Å². The van der Waals surface area contributed by atoms with E-state index in [0.29, 0.717) is 0 Å². The molecule has 1 amide bonds. The van der Waals surface area contributed by atoms with E-state index in [9.17, 15) is 15.1 Å². The van der Waals surface area contributed by atoms with Gasteiger partial charge in [0.1, 0.15) is 0 Å². The van der Waals surface area contributed by atoms with E-state index in [0.717, 1.165) is 0 Å². The van der Waals surface area contributed by atoms with Crippen LogP contribution in [0.2, 0.25) is 0 Å². The number of amides is 1. The molecular formula is C2H4N4O3-2. The average molecular weight is 132 g/mol. The van der Waals surface area contributed by atoms with Crippen molar-refractivity contribution >= 4 is 11.8 Å². The number of hydrogen-bond acceptors (Lipinski definition) is 6. The SMILES string of the molecule is NN=C([O-])C(=O)N(N)[O-]. The monoisotopic (exact) mass is 132 g/mol. The Kier molecular flexibility index (Phi) is 2.42. The predicted molar refractivity (Wildman–Crippen MR) is 26.0 cm³/mol. The molecule has 0 rings (SSSR count). The standard InChI is InChI=1S/C2H5N4O3/c3-5-1(7)2(8)6(4)9/h3-4H2,(H,5,7)/q-1/p-1. The summed E-state index contributed by atoms with van der Waals surface area (Å²) in [5.74, 6) is 5.79. The Morgan fingerprint density at radius 2 is 2.11 bits per heavy atom. The normalized spacial score (nSPS) is 11.1. The molecule has 0 aliphatic carbocycles. The summed E-state index contributed by atoms with van der Waals surface area (Å²) in [6.45, 7) is 0. The van der Waals surface area contributed by atoms with Gasteiger partial charge in [0.2, 0.25) is 0 Å². The van der Waals surface area contributed by atoms with Crippen molar-refractivity contribution in [2.24, 2.45) is 16.8 Å². The van der Waals surface area contributed by atoms with Crippen LogP contribution in [0.25, 0.3) is 0 Å². The number of hydrogen-bond donors (Lipinski definition) is 2. The van der Waals surface area contributed by atoms with E-state index in [1.807, 2.05) is 0 Å². The summed E-state index contributed by atoms with van der Waals surface area (Å²) in [6, 6.07) is 0. The van der Waals surface area contributed by atoms with Crippen molar-refractivity contribution < 1.29 is 9.90 Å². The van der Waals surface area contributed by atoms with Crippen LogP contribution >= 0.6 is 0 Å². The maximum Gasteiger partial charge on any atom is 0.262 e. The number of carbonyl (C=O) groups excluding carboxylic acids is 1. The summed E-state index contributed by atoms with van der Waals surface area (Å²) in [6.07, 6.45) is 0. The highest BCUT2D eigenvalue weighted by molar-refractivity contribution is 6.32. The molecule has 0 spiro atoms. The van der Waals surface area contributed by atoms with Crippen molar-refractivity contribution in [3.05, 3.63) is 5.21 Å². The van der Waals surface area contributed by atoms with E-state index >= 15 is 0 Å². The molecular weight excluding hydrogens is 128 g/mol. The lowest BCUT2D eigenvalue weighted by Gasteiger charge is -2.23. The van der Waals surface area contributed by atoms with E-state index < -0.39 is 17.0 Å². The second kappa shape index (κ2) is 2.84. The molecule has 7 heteroatoms. The molecule has 0 aromatic heterocycles. The number of carbonyl (C=O) groups is 1. The summed E-state index contributed by atoms with van der Waals surface area (Å²) < 4.78 is 0. The van der Waals surface area contributed by atoms with Gasteiger partial charge in [0.05, 0.1) is 5.90 Å². The molecule has 4 N–H and O–H groups in total. The van der Waals surface area contributed by atoms with Crippen LogP contribution in [-0.2, 0) is 4.79 Å². The highest BCUT2D eigenvalue weighted by Crippen LogP contribution is 1.73. The molecule has 0 radical (unpaired) electrons. The fourth-order valence-electron chi connectivity index (χ4n) is 0.149. The first-order chi connectivity index (χ1) is 4.09. The van der Waals surface area contributed by atoms with Crippen LogP contribution in [-0.4, -0.2) is 17.0 Å². The zero-order valence-corrected chi connectivity index (χ0v) is 4.27. The van der Waals surface area contributed by atoms with Gasteiger partial charge >= 0.3 is 0 Å². The van der Waals surface area contributed by atoms with E-state index in [1.165, 1.54) is 0 Å². The molecule has 0 aliphatic rings. The van der Waals surface area contributed by atoms with Crippen LogP contribution in [0.15, 0.2) is 5.10 Å². The van der Waals surface area contributed by atoms with Gasteiger partial charge in [-0.05, 0) is 0 Å². The fraction of sp³-hybridized carbons (Fsp3) is 0. The van der Waals surface area contributed by atoms with Crippen molar-refractivity contribution in [1.82, 2.24) is 5.17 Å². The summed E-state index contributed by atoms with van der Waals surface area (Å²) in [4.78, 5) is 10.0. The molecule has 0 aromatic carbocycles. The number of hydrazone groups is 1. The molecule has 0 aromatic rings. The Bertz CT molecular complexity index is 141. The summed E-state index contributed by atoms with van der Waals surface area (Å²) in [7, 11) is 0. The van der Waals surface area contributed by atoms with Crippen LogP contribution in [0.3, 0.4) is 0 Å². The van der Waals surface area contributed by atoms with Crippen molar-refractivity contribution in [2.75, 3.05) is 0 Å². The van der Waals surface area contributed by atoms with Gasteiger partial charge in [-0.1, -0.05) is 0 Å². The van der Waals surface area contributed by atoms with E-state index in [4.69, 9.17) is 0 Å². The van der Waals surface area contributed by atoms with Crippen LogP contribution in [0.1, 0.15) is 0 Å². The third kappa shape index (κ3) is 1.93. The Balaban J connectivity index is 4.06. The third-order valence-electron chi connectivity index (χ3n) is 0.500. The molecule has 9 heavy (non-hydrogen) atoms. The number of hydrazine groups is 1. The topological polar surface area (TPSA) is 131 Å². The molecule has 0 bridgehead atoms. The second-order valence-electron chi connectivity index (χ2n) is 1.07. The molecule has 0 saturated heterocycles. The van der Waals surface area contributed by atoms with Crippen molar-refractivity contribution in [1.29, 1.82) is 0 Å². The highest BCUT2D eigenvalue weighted by atomic mass is 16.5. The maximum absolute atomic E-state index is 10.0. The molecule has 0 aliphatic heterocycles. The first-order valence-electron chi connectivity index (χ1n) is 1.80. The summed E-state index contributed by atoms with van der Waals surface area (Å²) in [5, 5.41) is 21.5. The molecule has 7 nitrogen and oxygen atoms in total. The minimum absolute atomic E-state index is 0.640. The Morgan fingerprint density at radius 3 is 2.22 bits per heavy atom. The second-order valence-corrected chi connectivity index (χ2v) is 1.07. The summed E-state index contributed by atoms with van der Waals surface area (Å²) >= 11 is 0. The Hall–Kier alpha value is -1.34. The quantitative estimate of drug-likeness (QED) is 0.118. The Morgan fingerprint density at radius 1 is 1.67 bits per heavy atom. The third-order valence-corrected chi connectivity index (χ3v) is 0.500. The highest BCUT2D eigenvalue weighted by Gasteiger charge is 1.97. The van der Waals surface area contributed by atoms with Gasteiger partial charge in [0.25, 0.3) is 5.91 Å². The lowest BCUT2D eigenvalue weighted by atomic mass is 10.6. The largest absolute Gasteiger partial charge is 0.854 e. The van der Waals surface area contributed by atoms with Gasteiger partial charge in [-0.3, -0.25) is 10.6 Å². The number of nitrogens with two attached hydrogens (primary N) is 2. The molecule has 52 valence electrons. The molecule has 0 heterocycles. The first kappa shape index (κ1) is 7.66. The molecule has 0 atom stereocenters. The van der Waals surface area contributed by atoms with Crippen LogP contribution < -0.4 is 16.8 Å². The van der Waals surface area contributed by atoms with Crippen LogP contribution in [0.4, 0.5) is 0 Å². The number of hydroxylamine groups is 1. The zero-order valence-electron chi connectivity index (χ0n) is 4.27. The van der Waals surface area contributed by atoms with Gasteiger partial charge in [0, 0.05) is 0 Å². The Labute approximate surface area is 50.1 Å². The van der Waals surface area contributed by atoms with Gasteiger partial charge < -0.3 is 21.3 Å². The summed E-state index contributed by atoms with van der Waals surface area (Å²) in [5.41, 5.74) is 0.